The number of hydrogen-bond donors (Lipinski definition) is 1. The Morgan fingerprint density at radius 2 is 2.05 bits per heavy atom. The highest BCUT2D eigenvalue weighted by molar-refractivity contribution is 6.31. The lowest BCUT2D eigenvalue weighted by molar-refractivity contribution is 0.174. The van der Waals surface area contributed by atoms with Gasteiger partial charge in [0.1, 0.15) is 11.0 Å². The van der Waals surface area contributed by atoms with E-state index >= 15 is 0 Å². The molecule has 0 amide bonds. The minimum atomic E-state index is -0.747. The summed E-state index contributed by atoms with van der Waals surface area (Å²) in [6, 6.07) is 4.76. The van der Waals surface area contributed by atoms with Gasteiger partial charge >= 0.3 is 0 Å². The fraction of sp³-hybridized carbons (Fsp3) is 0.357. The number of benzene rings is 1. The molecule has 6 heteroatoms. The first-order chi connectivity index (χ1) is 9.40. The zero-order chi connectivity index (χ0) is 14.9. The average Bonchev–Trinajstić information content (AvgIpc) is 2.62. The van der Waals surface area contributed by atoms with E-state index in [9.17, 15) is 9.50 Å². The Morgan fingerprint density at radius 3 is 2.65 bits per heavy atom. The van der Waals surface area contributed by atoms with Crippen molar-refractivity contribution in [2.75, 3.05) is 0 Å². The molecule has 20 heavy (non-hydrogen) atoms. The molecule has 0 aliphatic carbocycles. The Hall–Kier alpha value is -1.10. The van der Waals surface area contributed by atoms with Gasteiger partial charge in [0.15, 0.2) is 0 Å². The number of halogens is 3. The first-order valence-electron chi connectivity index (χ1n) is 6.19. The highest BCUT2D eigenvalue weighted by atomic mass is 35.5. The molecule has 2 rings (SSSR count). The zero-order valence-electron chi connectivity index (χ0n) is 11.2. The first kappa shape index (κ1) is 15.3. The van der Waals surface area contributed by atoms with E-state index in [1.807, 2.05) is 6.92 Å². The quantitative estimate of drug-likeness (QED) is 0.939. The van der Waals surface area contributed by atoms with E-state index in [1.165, 1.54) is 6.07 Å². The molecule has 0 spiro atoms. The molecule has 0 aliphatic heterocycles. The molecule has 1 atom stereocenters. The fourth-order valence-corrected chi connectivity index (χ4v) is 2.62. The van der Waals surface area contributed by atoms with Crippen LogP contribution in [0.4, 0.5) is 4.39 Å². The predicted octanol–water partition coefficient (Wildman–Crippen LogP) is 3.32. The van der Waals surface area contributed by atoms with Gasteiger partial charge in [-0.05, 0) is 18.6 Å². The van der Waals surface area contributed by atoms with Gasteiger partial charge in [-0.1, -0.05) is 35.3 Å². The van der Waals surface area contributed by atoms with Crippen LogP contribution in [0.2, 0.25) is 10.2 Å². The standard InChI is InChI=1S/C14H15Cl2FN2O/c1-8-11(14(16)19(2)18-8)7-10(20)6-9-4-3-5-12(15)13(9)17/h3-5,10,20H,6-7H2,1-2H3. The van der Waals surface area contributed by atoms with Crippen LogP contribution in [0.15, 0.2) is 18.2 Å². The highest BCUT2D eigenvalue weighted by Gasteiger charge is 2.17. The van der Waals surface area contributed by atoms with Crippen LogP contribution in [-0.2, 0) is 19.9 Å². The topological polar surface area (TPSA) is 38.0 Å². The number of aromatic nitrogens is 2. The normalized spacial score (nSPS) is 12.7. The van der Waals surface area contributed by atoms with Crippen molar-refractivity contribution in [2.24, 2.45) is 7.05 Å². The van der Waals surface area contributed by atoms with E-state index in [0.717, 1.165) is 11.3 Å². The van der Waals surface area contributed by atoms with Crippen molar-refractivity contribution in [3.8, 4) is 0 Å². The molecule has 1 N–H and O–H groups in total. The van der Waals surface area contributed by atoms with Gasteiger partial charge in [-0.2, -0.15) is 5.10 Å². The Balaban J connectivity index is 2.13. The minimum Gasteiger partial charge on any atom is -0.392 e. The molecule has 0 aliphatic rings. The molecular weight excluding hydrogens is 302 g/mol. The Morgan fingerprint density at radius 1 is 1.35 bits per heavy atom. The van der Waals surface area contributed by atoms with Gasteiger partial charge in [0, 0.05) is 25.5 Å². The minimum absolute atomic E-state index is 0.0605. The van der Waals surface area contributed by atoms with Gasteiger partial charge in [0.05, 0.1) is 16.8 Å². The molecule has 0 fully saturated rings. The van der Waals surface area contributed by atoms with E-state index in [1.54, 1.807) is 23.9 Å². The van der Waals surface area contributed by atoms with Crippen LogP contribution in [0.1, 0.15) is 16.8 Å². The van der Waals surface area contributed by atoms with Gasteiger partial charge in [0.2, 0.25) is 0 Å². The molecule has 1 aromatic carbocycles. The van der Waals surface area contributed by atoms with Crippen molar-refractivity contribution >= 4 is 23.2 Å². The van der Waals surface area contributed by atoms with Crippen molar-refractivity contribution in [1.29, 1.82) is 0 Å². The molecule has 0 radical (unpaired) electrons. The molecule has 0 bridgehead atoms. The molecule has 1 unspecified atom stereocenters. The van der Waals surface area contributed by atoms with Gasteiger partial charge in [-0.25, -0.2) is 4.39 Å². The van der Waals surface area contributed by atoms with Crippen molar-refractivity contribution in [2.45, 2.75) is 25.9 Å². The van der Waals surface area contributed by atoms with E-state index in [0.29, 0.717) is 17.1 Å². The molecule has 0 saturated carbocycles. The van der Waals surface area contributed by atoms with Crippen LogP contribution in [0.5, 0.6) is 0 Å². The molecular formula is C14H15Cl2FN2O. The maximum Gasteiger partial charge on any atom is 0.145 e. The van der Waals surface area contributed by atoms with E-state index < -0.39 is 11.9 Å². The maximum absolute atomic E-state index is 13.8. The Labute approximate surface area is 126 Å². The smallest absolute Gasteiger partial charge is 0.145 e. The summed E-state index contributed by atoms with van der Waals surface area (Å²) in [5, 5.41) is 14.9. The summed E-state index contributed by atoms with van der Waals surface area (Å²) in [6.07, 6.45) is -0.245. The van der Waals surface area contributed by atoms with Gasteiger partial charge < -0.3 is 5.11 Å². The molecule has 1 heterocycles. The number of hydrogen-bond acceptors (Lipinski definition) is 2. The lowest BCUT2D eigenvalue weighted by atomic mass is 10.0. The second-order valence-corrected chi connectivity index (χ2v) is 5.52. The summed E-state index contributed by atoms with van der Waals surface area (Å²) in [7, 11) is 1.74. The third-order valence-corrected chi connectivity index (χ3v) is 3.96. The summed E-state index contributed by atoms with van der Waals surface area (Å²) in [4.78, 5) is 0. The second-order valence-electron chi connectivity index (χ2n) is 4.75. The fourth-order valence-electron chi connectivity index (χ4n) is 2.17. The summed E-state index contributed by atoms with van der Waals surface area (Å²) in [6.45, 7) is 1.83. The lowest BCUT2D eigenvalue weighted by Crippen LogP contribution is -2.15. The van der Waals surface area contributed by atoms with E-state index in [-0.39, 0.29) is 11.4 Å². The number of nitrogens with zero attached hydrogens (tertiary/aromatic N) is 2. The van der Waals surface area contributed by atoms with Crippen LogP contribution >= 0.6 is 23.2 Å². The van der Waals surface area contributed by atoms with Crippen molar-refractivity contribution in [3.63, 3.8) is 0 Å². The number of aryl methyl sites for hydroxylation is 2. The van der Waals surface area contributed by atoms with Gasteiger partial charge in [-0.3, -0.25) is 4.68 Å². The maximum atomic E-state index is 13.8. The number of aliphatic hydroxyl groups is 1. The van der Waals surface area contributed by atoms with Crippen LogP contribution in [0, 0.1) is 12.7 Å². The zero-order valence-corrected chi connectivity index (χ0v) is 12.7. The Kier molecular flexibility index (Phi) is 4.68. The predicted molar refractivity (Wildman–Crippen MR) is 77.8 cm³/mol. The monoisotopic (exact) mass is 316 g/mol. The molecule has 1 aromatic heterocycles. The Bertz CT molecular complexity index is 628. The van der Waals surface area contributed by atoms with Crippen molar-refractivity contribution in [1.82, 2.24) is 9.78 Å². The van der Waals surface area contributed by atoms with Crippen LogP contribution in [-0.4, -0.2) is 21.0 Å². The third-order valence-electron chi connectivity index (χ3n) is 3.20. The van der Waals surface area contributed by atoms with Crippen molar-refractivity contribution in [3.05, 3.63) is 51.0 Å². The first-order valence-corrected chi connectivity index (χ1v) is 6.94. The van der Waals surface area contributed by atoms with E-state index in [2.05, 4.69) is 5.10 Å². The molecule has 108 valence electrons. The van der Waals surface area contributed by atoms with Crippen LogP contribution < -0.4 is 0 Å². The van der Waals surface area contributed by atoms with Crippen molar-refractivity contribution < 1.29 is 9.50 Å². The number of rotatable bonds is 4. The van der Waals surface area contributed by atoms with Gasteiger partial charge in [0.25, 0.3) is 0 Å². The van der Waals surface area contributed by atoms with E-state index in [4.69, 9.17) is 23.2 Å². The largest absolute Gasteiger partial charge is 0.392 e. The highest BCUT2D eigenvalue weighted by Crippen LogP contribution is 2.23. The summed E-state index contributed by atoms with van der Waals surface area (Å²) < 4.78 is 15.3. The SMILES string of the molecule is Cc1nn(C)c(Cl)c1CC(O)Cc1cccc(Cl)c1F. The lowest BCUT2D eigenvalue weighted by Gasteiger charge is -2.12. The summed E-state index contributed by atoms with van der Waals surface area (Å²) >= 11 is 11.8. The molecule has 3 nitrogen and oxygen atoms in total. The second kappa shape index (κ2) is 6.12. The average molecular weight is 317 g/mol. The van der Waals surface area contributed by atoms with Gasteiger partial charge in [-0.15, -0.1) is 0 Å². The summed E-state index contributed by atoms with van der Waals surface area (Å²) in [5.74, 6) is -0.484. The van der Waals surface area contributed by atoms with Crippen LogP contribution in [0.3, 0.4) is 0 Å². The molecule has 0 saturated heterocycles. The molecule has 2 aromatic rings. The van der Waals surface area contributed by atoms with Crippen LogP contribution in [0.25, 0.3) is 0 Å². The summed E-state index contributed by atoms with van der Waals surface area (Å²) in [5.41, 5.74) is 1.94. The third kappa shape index (κ3) is 3.14. The number of aliphatic hydroxyl groups excluding tert-OH is 1.